The van der Waals surface area contributed by atoms with Gasteiger partial charge in [0.15, 0.2) is 0 Å². The lowest BCUT2D eigenvalue weighted by molar-refractivity contribution is 0.600. The van der Waals surface area contributed by atoms with Gasteiger partial charge in [-0.05, 0) is 36.8 Å². The Labute approximate surface area is 131 Å². The molecular formula is C13H11Cl2FN2O2S. The molecule has 112 valence electrons. The van der Waals surface area contributed by atoms with Gasteiger partial charge in [0.05, 0.1) is 20.6 Å². The zero-order valence-corrected chi connectivity index (χ0v) is 13.2. The highest BCUT2D eigenvalue weighted by molar-refractivity contribution is 7.92. The summed E-state index contributed by atoms with van der Waals surface area (Å²) in [6.45, 7) is 1.58. The van der Waals surface area contributed by atoms with Crippen LogP contribution in [0.2, 0.25) is 10.0 Å². The molecule has 8 heteroatoms. The van der Waals surface area contributed by atoms with Gasteiger partial charge in [-0.25, -0.2) is 12.8 Å². The number of rotatable bonds is 3. The Bertz CT molecular complexity index is 787. The first-order chi connectivity index (χ1) is 9.72. The summed E-state index contributed by atoms with van der Waals surface area (Å²) in [6.07, 6.45) is 0. The van der Waals surface area contributed by atoms with E-state index in [0.717, 1.165) is 12.1 Å². The molecule has 0 aliphatic carbocycles. The lowest BCUT2D eigenvalue weighted by Crippen LogP contribution is -2.15. The first kappa shape index (κ1) is 15.9. The molecule has 0 bridgehead atoms. The monoisotopic (exact) mass is 348 g/mol. The van der Waals surface area contributed by atoms with Crippen molar-refractivity contribution in [2.75, 3.05) is 10.5 Å². The molecule has 0 heterocycles. The highest BCUT2D eigenvalue weighted by Gasteiger charge is 2.21. The fraction of sp³-hybridized carbons (Fsp3) is 0.0769. The van der Waals surface area contributed by atoms with E-state index >= 15 is 0 Å². The zero-order chi connectivity index (χ0) is 15.8. The van der Waals surface area contributed by atoms with E-state index in [1.165, 1.54) is 12.1 Å². The van der Waals surface area contributed by atoms with Crippen LogP contribution < -0.4 is 10.5 Å². The Morgan fingerprint density at radius 3 is 2.33 bits per heavy atom. The van der Waals surface area contributed by atoms with Crippen LogP contribution in [0.3, 0.4) is 0 Å². The molecule has 0 spiro atoms. The molecule has 0 unspecified atom stereocenters. The number of anilines is 2. The standard InChI is InChI=1S/C13H11Cl2FN2O2S/c1-7-11(17)3-2-4-12(7)21(19,20)18-13-9(14)5-8(16)6-10(13)15/h2-6,18H,17H2,1H3. The van der Waals surface area contributed by atoms with Gasteiger partial charge in [0, 0.05) is 5.69 Å². The molecule has 0 radical (unpaired) electrons. The molecule has 0 amide bonds. The van der Waals surface area contributed by atoms with E-state index in [2.05, 4.69) is 4.72 Å². The molecule has 0 saturated carbocycles. The summed E-state index contributed by atoms with van der Waals surface area (Å²) in [5, 5.41) is -0.268. The van der Waals surface area contributed by atoms with Crippen molar-refractivity contribution in [3.63, 3.8) is 0 Å². The van der Waals surface area contributed by atoms with Crippen molar-refractivity contribution in [2.45, 2.75) is 11.8 Å². The molecule has 2 aromatic rings. The van der Waals surface area contributed by atoms with Crippen LogP contribution in [0.5, 0.6) is 0 Å². The van der Waals surface area contributed by atoms with Crippen molar-refractivity contribution in [2.24, 2.45) is 0 Å². The number of nitrogens with two attached hydrogens (primary N) is 1. The summed E-state index contributed by atoms with van der Waals surface area (Å²) in [5.41, 5.74) is 6.36. The molecule has 0 saturated heterocycles. The second-order valence-electron chi connectivity index (χ2n) is 4.32. The largest absolute Gasteiger partial charge is 0.398 e. The Balaban J connectivity index is 2.50. The van der Waals surface area contributed by atoms with Crippen molar-refractivity contribution >= 4 is 44.6 Å². The van der Waals surface area contributed by atoms with Crippen LogP contribution in [0, 0.1) is 12.7 Å². The molecule has 3 N–H and O–H groups in total. The minimum atomic E-state index is -3.95. The summed E-state index contributed by atoms with van der Waals surface area (Å²) in [4.78, 5) is -0.000965. The van der Waals surface area contributed by atoms with E-state index < -0.39 is 15.8 Å². The van der Waals surface area contributed by atoms with Crippen LogP contribution in [0.15, 0.2) is 35.2 Å². The second-order valence-corrected chi connectivity index (χ2v) is 6.79. The van der Waals surface area contributed by atoms with E-state index in [-0.39, 0.29) is 20.6 Å². The Kier molecular flexibility index (Phi) is 4.32. The van der Waals surface area contributed by atoms with Gasteiger partial charge < -0.3 is 5.73 Å². The van der Waals surface area contributed by atoms with Crippen LogP contribution in [0.1, 0.15) is 5.56 Å². The van der Waals surface area contributed by atoms with Gasteiger partial charge >= 0.3 is 0 Å². The second kappa shape index (κ2) is 5.71. The summed E-state index contributed by atoms with van der Waals surface area (Å²) >= 11 is 11.6. The van der Waals surface area contributed by atoms with Crippen LogP contribution in [0.4, 0.5) is 15.8 Å². The highest BCUT2D eigenvalue weighted by atomic mass is 35.5. The van der Waals surface area contributed by atoms with Crippen LogP contribution >= 0.6 is 23.2 Å². The predicted molar refractivity (Wildman–Crippen MR) is 82.8 cm³/mol. The molecule has 0 aliphatic heterocycles. The van der Waals surface area contributed by atoms with Crippen LogP contribution in [-0.4, -0.2) is 8.42 Å². The highest BCUT2D eigenvalue weighted by Crippen LogP contribution is 2.33. The topological polar surface area (TPSA) is 72.2 Å². The fourth-order valence-corrected chi connectivity index (χ4v) is 3.80. The first-order valence-corrected chi connectivity index (χ1v) is 7.99. The molecule has 2 rings (SSSR count). The minimum absolute atomic E-state index is 0.000965. The fourth-order valence-electron chi connectivity index (χ4n) is 1.75. The van der Waals surface area contributed by atoms with E-state index in [0.29, 0.717) is 11.3 Å². The van der Waals surface area contributed by atoms with Gasteiger partial charge in [-0.3, -0.25) is 4.72 Å². The molecule has 4 nitrogen and oxygen atoms in total. The average Bonchev–Trinajstić information content (AvgIpc) is 2.37. The van der Waals surface area contributed by atoms with E-state index in [9.17, 15) is 12.8 Å². The smallest absolute Gasteiger partial charge is 0.262 e. The molecule has 0 aromatic heterocycles. The van der Waals surface area contributed by atoms with E-state index in [1.807, 2.05) is 0 Å². The van der Waals surface area contributed by atoms with Gasteiger partial charge in [-0.1, -0.05) is 29.3 Å². The summed E-state index contributed by atoms with van der Waals surface area (Å²) in [5.74, 6) is -0.659. The van der Waals surface area contributed by atoms with Crippen molar-refractivity contribution in [3.05, 3.63) is 51.8 Å². The van der Waals surface area contributed by atoms with Crippen molar-refractivity contribution < 1.29 is 12.8 Å². The third kappa shape index (κ3) is 3.23. The summed E-state index contributed by atoms with van der Waals surface area (Å²) in [6, 6.07) is 6.45. The molecule has 0 fully saturated rings. The molecule has 0 aliphatic rings. The summed E-state index contributed by atoms with van der Waals surface area (Å²) < 4.78 is 40.1. The lowest BCUT2D eigenvalue weighted by Gasteiger charge is -2.13. The zero-order valence-electron chi connectivity index (χ0n) is 10.8. The Morgan fingerprint density at radius 2 is 1.76 bits per heavy atom. The minimum Gasteiger partial charge on any atom is -0.398 e. The number of benzene rings is 2. The third-order valence-corrected chi connectivity index (χ3v) is 4.95. The van der Waals surface area contributed by atoms with Crippen molar-refractivity contribution in [1.29, 1.82) is 0 Å². The quantitative estimate of drug-likeness (QED) is 0.828. The number of hydrogen-bond donors (Lipinski definition) is 2. The molecule has 21 heavy (non-hydrogen) atoms. The third-order valence-electron chi connectivity index (χ3n) is 2.86. The first-order valence-electron chi connectivity index (χ1n) is 5.75. The number of nitrogens with one attached hydrogen (secondary N) is 1. The lowest BCUT2D eigenvalue weighted by atomic mass is 10.2. The number of sulfonamides is 1. The maximum Gasteiger partial charge on any atom is 0.262 e. The molecular weight excluding hydrogens is 338 g/mol. The van der Waals surface area contributed by atoms with Crippen LogP contribution in [-0.2, 0) is 10.0 Å². The SMILES string of the molecule is Cc1c(N)cccc1S(=O)(=O)Nc1c(Cl)cc(F)cc1Cl. The average molecular weight is 349 g/mol. The Morgan fingerprint density at radius 1 is 1.19 bits per heavy atom. The maximum absolute atomic E-state index is 13.1. The van der Waals surface area contributed by atoms with Gasteiger partial charge in [-0.2, -0.15) is 0 Å². The summed E-state index contributed by atoms with van der Waals surface area (Å²) in [7, 11) is -3.95. The van der Waals surface area contributed by atoms with Crippen molar-refractivity contribution in [3.8, 4) is 0 Å². The van der Waals surface area contributed by atoms with Gasteiger partial charge in [0.1, 0.15) is 5.82 Å². The van der Waals surface area contributed by atoms with Crippen LogP contribution in [0.25, 0.3) is 0 Å². The van der Waals surface area contributed by atoms with Gasteiger partial charge in [0.25, 0.3) is 10.0 Å². The number of halogens is 3. The number of nitrogen functional groups attached to an aromatic ring is 1. The van der Waals surface area contributed by atoms with Crippen molar-refractivity contribution in [1.82, 2.24) is 0 Å². The normalized spacial score (nSPS) is 11.4. The maximum atomic E-state index is 13.1. The predicted octanol–water partition coefficient (Wildman–Crippen LogP) is 3.82. The van der Waals surface area contributed by atoms with E-state index in [4.69, 9.17) is 28.9 Å². The van der Waals surface area contributed by atoms with Gasteiger partial charge in [-0.15, -0.1) is 0 Å². The Hall–Kier alpha value is -1.50. The molecule has 0 atom stereocenters. The molecule has 2 aromatic carbocycles. The van der Waals surface area contributed by atoms with E-state index in [1.54, 1.807) is 13.0 Å². The number of hydrogen-bond acceptors (Lipinski definition) is 3. The van der Waals surface area contributed by atoms with Gasteiger partial charge in [0.2, 0.25) is 0 Å².